The largest absolute Gasteiger partial charge is 1.00 e. The molecule has 139 heavy (non-hydrogen) atoms. The zero-order chi connectivity index (χ0) is 96.2. The second-order valence-electron chi connectivity index (χ2n) is 36.0. The van der Waals surface area contributed by atoms with Gasteiger partial charge in [0, 0.05) is 158 Å². The van der Waals surface area contributed by atoms with Crippen LogP contribution in [0, 0.1) is 27.3 Å². The first-order valence-corrected chi connectivity index (χ1v) is 52.3. The Morgan fingerprint density at radius 2 is 0.741 bits per heavy atom. The van der Waals surface area contributed by atoms with E-state index in [9.17, 15) is 8.42 Å². The van der Waals surface area contributed by atoms with Crippen LogP contribution in [0.25, 0.3) is 16.9 Å². The fourth-order valence-electron chi connectivity index (χ4n) is 17.7. The summed E-state index contributed by atoms with van der Waals surface area (Å²) in [5, 5.41) is 47.3. The van der Waals surface area contributed by atoms with Crippen molar-refractivity contribution >= 4 is 157 Å². The van der Waals surface area contributed by atoms with Gasteiger partial charge in [0.05, 0.1) is 53.3 Å². The number of pyridine rings is 1. The summed E-state index contributed by atoms with van der Waals surface area (Å²) in [7, 11) is -2.26. The fraction of sp³-hybridized carbons (Fsp3) is 0.424. The van der Waals surface area contributed by atoms with Gasteiger partial charge in [0.2, 0.25) is 17.8 Å². The molecular weight excluding hydrogens is 2010 g/mol. The van der Waals surface area contributed by atoms with Gasteiger partial charge in [0.15, 0.2) is 11.3 Å². The van der Waals surface area contributed by atoms with Crippen LogP contribution in [0.4, 0.5) is 17.8 Å². The Morgan fingerprint density at radius 3 is 1.11 bits per heavy atom. The van der Waals surface area contributed by atoms with E-state index in [0.29, 0.717) is 20.6 Å². The summed E-state index contributed by atoms with van der Waals surface area (Å²) < 4.78 is 40.2. The molecule has 6 aliphatic rings. The van der Waals surface area contributed by atoms with Crippen molar-refractivity contribution in [3.63, 3.8) is 0 Å². The summed E-state index contributed by atoms with van der Waals surface area (Å²) in [5.41, 5.74) is 30.3. The molecule has 3 aliphatic carbocycles. The van der Waals surface area contributed by atoms with Crippen molar-refractivity contribution in [2.24, 2.45) is 106 Å². The Kier molecular flexibility index (Phi) is 40.6. The van der Waals surface area contributed by atoms with Gasteiger partial charge in [-0.3, -0.25) is 18.2 Å². The molecule has 18 rings (SSSR count). The van der Waals surface area contributed by atoms with Gasteiger partial charge in [-0.25, -0.2) is 47.8 Å². The molecule has 3 spiro atoms. The van der Waals surface area contributed by atoms with Crippen LogP contribution < -0.4 is 59.4 Å². The molecule has 5 aromatic carbocycles. The molecule has 0 saturated carbocycles. The molecule has 47 heteroatoms. The monoisotopic (exact) mass is 2120 g/mol. The normalized spacial score (nSPS) is 17.9. The molecule has 0 bridgehead atoms. The molecule has 0 unspecified atom stereocenters. The topological polar surface area (TPSA) is 443 Å². The van der Waals surface area contributed by atoms with E-state index in [4.69, 9.17) is 49.4 Å². The minimum Gasteiger partial charge on any atom is -0.775 e. The number of anilines is 3. The second-order valence-corrected chi connectivity index (χ2v) is 48.3. The number of fused-ring (bicyclic) bond motifs is 6. The molecule has 0 radical (unpaired) electrons. The van der Waals surface area contributed by atoms with Crippen LogP contribution in [0.1, 0.15) is 181 Å². The van der Waals surface area contributed by atoms with Crippen molar-refractivity contribution in [1.29, 1.82) is 11.1 Å². The molecule has 5 atom stereocenters. The predicted molar refractivity (Wildman–Crippen MR) is 555 cm³/mol. The van der Waals surface area contributed by atoms with Gasteiger partial charge in [0.1, 0.15) is 5.65 Å². The van der Waals surface area contributed by atoms with Gasteiger partial charge in [-0.15, -0.1) is 52.6 Å². The molecule has 0 amide bonds. The number of nitrogens with one attached hydrogen (secondary N) is 4. The molecule has 728 valence electrons. The van der Waals surface area contributed by atoms with Crippen molar-refractivity contribution in [1.82, 2.24) is 57.5 Å². The van der Waals surface area contributed by atoms with E-state index in [0.717, 1.165) is 146 Å². The van der Waals surface area contributed by atoms with Gasteiger partial charge in [0.25, 0.3) is 0 Å². The number of nitrogens with zero attached hydrogens (tertiary/aromatic N) is 29. The third-order valence-electron chi connectivity index (χ3n) is 24.0. The number of rotatable bonds is 25. The van der Waals surface area contributed by atoms with Crippen molar-refractivity contribution in [2.75, 3.05) is 54.0 Å². The number of thioether (sulfide) groups is 3. The summed E-state index contributed by atoms with van der Waals surface area (Å²) in [4.78, 5) is 48.7. The average molecular weight is 2120 g/mol. The molecule has 3 fully saturated rings. The summed E-state index contributed by atoms with van der Waals surface area (Å²) in [6.45, 7) is 31.0. The number of halogens is 2. The van der Waals surface area contributed by atoms with Gasteiger partial charge >= 0.3 is 29.6 Å². The van der Waals surface area contributed by atoms with Crippen LogP contribution >= 0.6 is 87.1 Å². The summed E-state index contributed by atoms with van der Waals surface area (Å²) in [6, 6.07) is 45.5. The number of piperidine rings is 3. The molecule has 10 heterocycles. The Morgan fingerprint density at radius 1 is 0.424 bits per heavy atom. The molecule has 7 aromatic heterocycles. The number of aromatic nitrogens is 10. The SMILES string of the molecule is C.CC(C)(C)[S@@](=O)N[C@@H]1c2ccccc2CC12CCN(c1ncc([S-])c3nccn13)CC2.CC(C)Sc1ccccc1Sc1cnc(N2CCC3(CC2)Cc2ccccc2[C@H]3N)n2ccnc12.CC(C)Sc1ccccc1Sc1cnc(N2CCC3(CC2)Cc2ccccc2[C@H]3N[S@](=O)C(C)(C)C)n2ccnc12.CC(C)Sc1cnccc1Br.Cl.N=N/N=N/N=N/N=N/N=N/N=N/N=N/N=N/N=N.[Na+]. The Hall–Kier alpha value is -9.17. The molecule has 3 saturated heterocycles. The summed E-state index contributed by atoms with van der Waals surface area (Å²) >= 11 is 17.9. The van der Waals surface area contributed by atoms with E-state index in [2.05, 4.69) is 310 Å². The second kappa shape index (κ2) is 51.2. The first-order chi connectivity index (χ1) is 65.6. The van der Waals surface area contributed by atoms with Crippen molar-refractivity contribution < 1.29 is 38.0 Å². The van der Waals surface area contributed by atoms with Crippen molar-refractivity contribution in [3.05, 3.63) is 233 Å². The summed E-state index contributed by atoms with van der Waals surface area (Å²) in [5.74, 6) is 2.82. The Balaban J connectivity index is 0.000000174. The first-order valence-electron chi connectivity index (χ1n) is 44.5. The molecule has 6 N–H and O–H groups in total. The maximum Gasteiger partial charge on any atom is 1.00 e. The number of hydrogen-bond acceptors (Lipinski definition) is 21. The number of nitrogens with two attached hydrogens (primary N) is 1. The molecule has 12 aromatic rings. The minimum atomic E-state index is -1.14. The molecular formula is C92H115BrClN34NaO2S8. The van der Waals surface area contributed by atoms with Crippen molar-refractivity contribution in [3.8, 4) is 0 Å². The maximum absolute atomic E-state index is 13.3. The molecule has 3 aliphatic heterocycles. The van der Waals surface area contributed by atoms with Crippen LogP contribution in [0.3, 0.4) is 0 Å². The third kappa shape index (κ3) is 27.6. The Bertz CT molecular complexity index is 6360. The van der Waals surface area contributed by atoms with E-state index < -0.39 is 22.0 Å². The number of hydrogen-bond donors (Lipinski definition) is 5. The van der Waals surface area contributed by atoms with Gasteiger partial charge in [-0.2, -0.15) is 11.1 Å². The minimum absolute atomic E-state index is 0. The quantitative estimate of drug-likeness (QED) is 0.0117. The van der Waals surface area contributed by atoms with Gasteiger partial charge in [-0.1, -0.05) is 170 Å². The number of benzene rings is 5. The smallest absolute Gasteiger partial charge is 0.775 e. The fourth-order valence-corrected chi connectivity index (χ4v) is 25.1. The molecule has 36 nitrogen and oxygen atoms in total. The van der Waals surface area contributed by atoms with E-state index in [-0.39, 0.29) is 93.3 Å². The van der Waals surface area contributed by atoms with Gasteiger partial charge in [-0.05, 0) is 279 Å². The van der Waals surface area contributed by atoms with Crippen molar-refractivity contribution in [2.45, 2.75) is 231 Å². The van der Waals surface area contributed by atoms with Crippen LogP contribution in [-0.4, -0.2) is 121 Å². The van der Waals surface area contributed by atoms with Crippen LogP contribution in [-0.2, 0) is 53.9 Å². The summed E-state index contributed by atoms with van der Waals surface area (Å²) in [6.07, 6.45) is 30.3. The number of imidazole rings is 3. The zero-order valence-corrected chi connectivity index (χ0v) is 89.9. The van der Waals surface area contributed by atoms with Crippen LogP contribution in [0.15, 0.2) is 323 Å². The average Bonchev–Trinajstić information content (AvgIpc) is 1.59. The predicted octanol–water partition coefficient (Wildman–Crippen LogP) is 22.1. The maximum atomic E-state index is 13.3. The van der Waals surface area contributed by atoms with E-state index in [1.807, 2.05) is 137 Å². The van der Waals surface area contributed by atoms with E-state index in [1.165, 1.54) is 57.9 Å². The standard InChI is InChI=1S/C32H39N5OS3.C28H31N5S2.C23H29N5OS2.C8H10BrNS.CH4.ClH.H2N18.Na/c1-22(2)39-25-12-8-9-13-26(25)40-27-21-34-30(37-19-16-33-29(27)37)36-17-14-32(15-18-36)20-23-10-6-7-11-24(23)28(32)35-41(38)31(3,4)5;1-19(2)34-22-9-5-6-10-23(22)35-24-18-31-27(33-16-13-30-26(24)33)32-14-11-28(12-15-32)17-20-7-3-4-8-21(20)25(28)29;1-22(2,3)31(29)26-19-17-7-5-4-6-16(17)14-23(19)8-11-27(12-9-23)21-25-15-18(30)20-24-10-13-28(20)21;1-6(2)11-8-5-10-4-3-7(8)9;;;1-3-5-7-9-11-13-15-17-18-16-14-12-10-8-6-4-2;/h6-13,16,19,21-22,28,35H,14-15,17-18,20H2,1-5H3;3-10,13,16,18-19,25H,11-12,14-15,17,29H2,1-2H3;4-7,10,13,15,19,26,30H,8-9,11-12,14H2,1-3H3;3-6H,1-2H3;1H4;1H;1-2H;/q;;;;;;;+1/p-1/b;;;;;;3-1?,4-2?,7-5+,8-6+,11-9+,12-10+,15-13+,16-14+,18-17+;/t28-,41-;25-;19-,31-;;;;;/m111...../s1. The Labute approximate surface area is 878 Å². The first kappa shape index (κ1) is 110. The van der Waals surface area contributed by atoms with E-state index >= 15 is 0 Å². The van der Waals surface area contributed by atoms with Crippen LogP contribution in [0.2, 0.25) is 0 Å². The van der Waals surface area contributed by atoms with Crippen LogP contribution in [0.5, 0.6) is 0 Å². The third-order valence-corrected chi connectivity index (χ3v) is 34.0. The zero-order valence-electron chi connectivity index (χ0n) is 79.0. The van der Waals surface area contributed by atoms with E-state index in [1.54, 1.807) is 42.1 Å². The van der Waals surface area contributed by atoms with Gasteiger partial charge < -0.3 is 33.1 Å².